The maximum atomic E-state index is 13.5. The maximum absolute atomic E-state index is 13.5. The fraction of sp³-hybridized carbons (Fsp3) is 0.690. The summed E-state index contributed by atoms with van der Waals surface area (Å²) in [6, 6.07) is -0.919. The average molecular weight is 1150 g/mol. The van der Waals surface area contributed by atoms with Gasteiger partial charge in [-0.15, -0.1) is 0 Å². The highest BCUT2D eigenvalue weighted by atomic mass is 31.2. The van der Waals surface area contributed by atoms with Crippen LogP contribution in [-0.4, -0.2) is 69.4 Å². The minimum absolute atomic E-state index is 0.0375. The Labute approximate surface area is 499 Å². The van der Waals surface area contributed by atoms with Crippen LogP contribution in [0.15, 0.2) is 122 Å². The Morgan fingerprint density at radius 1 is 0.457 bits per heavy atom. The number of nitrogens with one attached hydrogen (secondary N) is 1. The summed E-state index contributed by atoms with van der Waals surface area (Å²) in [7, 11) is 1.14. The van der Waals surface area contributed by atoms with Crippen molar-refractivity contribution in [3.63, 3.8) is 0 Å². The summed E-state index contributed by atoms with van der Waals surface area (Å²) in [5.74, 6) is -0.597. The van der Waals surface area contributed by atoms with Crippen molar-refractivity contribution < 1.29 is 37.3 Å². The second-order valence-corrected chi connectivity index (χ2v) is 24.4. The molecule has 0 aliphatic carbocycles. The van der Waals surface area contributed by atoms with Crippen LogP contribution >= 0.6 is 7.82 Å². The van der Waals surface area contributed by atoms with E-state index in [1.165, 1.54) is 148 Å². The van der Waals surface area contributed by atoms with Crippen molar-refractivity contribution in [1.82, 2.24) is 5.32 Å². The number of hydrogen-bond acceptors (Lipinski definition) is 7. The van der Waals surface area contributed by atoms with Crippen molar-refractivity contribution in [3.05, 3.63) is 122 Å². The van der Waals surface area contributed by atoms with Gasteiger partial charge in [-0.25, -0.2) is 0 Å². The van der Waals surface area contributed by atoms with Crippen LogP contribution in [0, 0.1) is 0 Å². The van der Waals surface area contributed by atoms with Crippen LogP contribution in [0.4, 0.5) is 0 Å². The van der Waals surface area contributed by atoms with E-state index in [1.807, 2.05) is 94.1 Å². The highest BCUT2D eigenvalue weighted by Gasteiger charge is 2.27. The summed E-state index contributed by atoms with van der Waals surface area (Å²) in [5, 5.41) is 3.00. The Morgan fingerprint density at radius 3 is 1.33 bits per heavy atom. The first-order chi connectivity index (χ1) is 39.4. The lowest BCUT2D eigenvalue weighted by Gasteiger charge is -2.30. The molecule has 81 heavy (non-hydrogen) atoms. The molecule has 0 aromatic rings. The van der Waals surface area contributed by atoms with Gasteiger partial charge in [-0.2, -0.15) is 0 Å². The molecule has 0 bridgehead atoms. The lowest BCUT2D eigenvalue weighted by atomic mass is 10.0. The lowest BCUT2D eigenvalue weighted by molar-refractivity contribution is -0.870. The van der Waals surface area contributed by atoms with E-state index >= 15 is 0 Å². The zero-order chi connectivity index (χ0) is 59.3. The molecule has 0 aromatic carbocycles. The van der Waals surface area contributed by atoms with Crippen LogP contribution in [-0.2, 0) is 27.9 Å². The topological polar surface area (TPSA) is 114 Å². The molecule has 1 amide bonds. The predicted octanol–water partition coefficient (Wildman–Crippen LogP) is 20.0. The van der Waals surface area contributed by atoms with Crippen molar-refractivity contribution in [1.29, 1.82) is 0 Å². The number of phosphoric acid groups is 1. The summed E-state index contributed by atoms with van der Waals surface area (Å²) in [6.07, 6.45) is 83.2. The summed E-state index contributed by atoms with van der Waals surface area (Å²) in [4.78, 5) is 40.0. The van der Waals surface area contributed by atoms with Gasteiger partial charge in [0, 0.05) is 12.8 Å². The second kappa shape index (κ2) is 59.6. The number of amides is 1. The monoisotopic (exact) mass is 1150 g/mol. The van der Waals surface area contributed by atoms with Gasteiger partial charge in [0.15, 0.2) is 0 Å². The smallest absolute Gasteiger partial charge is 0.306 e. The highest BCUT2D eigenvalue weighted by Crippen LogP contribution is 2.38. The first kappa shape index (κ1) is 77.4. The van der Waals surface area contributed by atoms with E-state index in [0.717, 1.165) is 77.0 Å². The third-order valence-electron chi connectivity index (χ3n) is 14.0. The van der Waals surface area contributed by atoms with E-state index < -0.39 is 26.6 Å². The number of likely N-dealkylation sites (N-methyl/N-ethyl adjacent to an activating group) is 1. The van der Waals surface area contributed by atoms with Crippen molar-refractivity contribution in [3.8, 4) is 0 Å². The third-order valence-corrected chi connectivity index (χ3v) is 15.0. The number of phosphoric ester groups is 1. The summed E-state index contributed by atoms with van der Waals surface area (Å²) >= 11 is 0. The Kier molecular flexibility index (Phi) is 56.9. The fourth-order valence-corrected chi connectivity index (χ4v) is 9.70. The lowest BCUT2D eigenvalue weighted by Crippen LogP contribution is -2.47. The zero-order valence-corrected chi connectivity index (χ0v) is 53.8. The molecule has 0 aliphatic rings. The minimum atomic E-state index is -4.72. The number of ether oxygens (including phenoxy) is 1. The van der Waals surface area contributed by atoms with Crippen molar-refractivity contribution in [2.24, 2.45) is 0 Å². The average Bonchev–Trinajstić information content (AvgIpc) is 3.44. The molecule has 0 aliphatic heterocycles. The molecule has 0 radical (unpaired) electrons. The molecule has 1 N–H and O–H groups in total. The van der Waals surface area contributed by atoms with Crippen molar-refractivity contribution >= 4 is 19.7 Å². The summed E-state index contributed by atoms with van der Waals surface area (Å²) in [6.45, 7) is 6.62. The first-order valence-electron chi connectivity index (χ1n) is 32.9. The second-order valence-electron chi connectivity index (χ2n) is 23.0. The minimum Gasteiger partial charge on any atom is -0.756 e. The van der Waals surface area contributed by atoms with E-state index in [9.17, 15) is 19.0 Å². The molecule has 0 saturated heterocycles. The normalized spacial score (nSPS) is 14.4. The van der Waals surface area contributed by atoms with Gasteiger partial charge in [0.05, 0.1) is 33.8 Å². The molecule has 0 spiro atoms. The number of quaternary nitrogens is 1. The molecule has 3 atom stereocenters. The molecule has 464 valence electrons. The molecule has 0 heterocycles. The molecule has 9 nitrogen and oxygen atoms in total. The van der Waals surface area contributed by atoms with Gasteiger partial charge in [-0.05, 0) is 89.5 Å². The highest BCUT2D eigenvalue weighted by molar-refractivity contribution is 7.45. The number of rotatable bonds is 58. The van der Waals surface area contributed by atoms with Gasteiger partial charge in [0.25, 0.3) is 7.82 Å². The van der Waals surface area contributed by atoms with Crippen molar-refractivity contribution in [2.45, 2.75) is 277 Å². The summed E-state index contributed by atoms with van der Waals surface area (Å²) in [5.41, 5.74) is 0. The molecule has 0 fully saturated rings. The zero-order valence-electron chi connectivity index (χ0n) is 52.9. The molecule has 10 heteroatoms. The number of unbranched alkanes of at least 4 members (excludes halogenated alkanes) is 29. The molecule has 0 aromatic heterocycles. The van der Waals surface area contributed by atoms with Crippen molar-refractivity contribution in [2.75, 3.05) is 40.9 Å². The maximum Gasteiger partial charge on any atom is 0.306 e. The van der Waals surface area contributed by atoms with E-state index in [-0.39, 0.29) is 31.3 Å². The Morgan fingerprint density at radius 2 is 0.840 bits per heavy atom. The third kappa shape index (κ3) is 60.8. The molecule has 3 unspecified atom stereocenters. The van der Waals surface area contributed by atoms with Gasteiger partial charge in [0.1, 0.15) is 19.3 Å². The van der Waals surface area contributed by atoms with Crippen LogP contribution in [0.25, 0.3) is 0 Å². The predicted molar refractivity (Wildman–Crippen MR) is 348 cm³/mol. The van der Waals surface area contributed by atoms with Crippen LogP contribution in [0.5, 0.6) is 0 Å². The van der Waals surface area contributed by atoms with Gasteiger partial charge >= 0.3 is 5.97 Å². The quantitative estimate of drug-likeness (QED) is 0.0161. The van der Waals surface area contributed by atoms with Crippen LogP contribution < -0.4 is 10.2 Å². The van der Waals surface area contributed by atoms with E-state index in [0.29, 0.717) is 17.4 Å². The summed E-state index contributed by atoms with van der Waals surface area (Å²) < 4.78 is 30.3. The number of hydrogen-bond donors (Lipinski definition) is 1. The van der Waals surface area contributed by atoms with Gasteiger partial charge in [-0.3, -0.25) is 14.2 Å². The molecular weight excluding hydrogens is 1020 g/mol. The molecule has 0 rings (SSSR count). The van der Waals surface area contributed by atoms with Gasteiger partial charge in [0.2, 0.25) is 5.91 Å². The van der Waals surface area contributed by atoms with E-state index in [2.05, 4.69) is 74.7 Å². The molecule has 0 saturated carbocycles. The van der Waals surface area contributed by atoms with Crippen LogP contribution in [0.3, 0.4) is 0 Å². The first-order valence-corrected chi connectivity index (χ1v) is 34.4. The Balaban J connectivity index is 5.11. The Hall–Kier alpha value is -3.59. The van der Waals surface area contributed by atoms with Crippen LogP contribution in [0.1, 0.15) is 265 Å². The van der Waals surface area contributed by atoms with Crippen LogP contribution in [0.2, 0.25) is 0 Å². The fourth-order valence-electron chi connectivity index (χ4n) is 8.97. The Bertz CT molecular complexity index is 1800. The molecular formula is C71H123N2O7P. The van der Waals surface area contributed by atoms with E-state index in [4.69, 9.17) is 13.8 Å². The SMILES string of the molecule is CC\C=C/C=C/C=C/C=C\C=C\C=C\CCCCCC(=O)NC(COP(=O)([O-])OCC[N+](C)(C)C)C(/C=C\CCCCCCCCCCC)OC(=O)CCCCCCCCCCCCCCCC/C=C\C/C=C\C/C=C\CCCCC. The van der Waals surface area contributed by atoms with Gasteiger partial charge < -0.3 is 28.5 Å². The number of allylic oxidation sites excluding steroid dienone is 19. The van der Waals surface area contributed by atoms with E-state index in [1.54, 1.807) is 0 Å². The van der Waals surface area contributed by atoms with Gasteiger partial charge in [-0.1, -0.05) is 284 Å². The standard InChI is InChI=1S/C71H123N2O7P/c1-7-10-13-16-19-22-25-27-29-31-32-33-34-35-36-37-38-39-40-42-44-46-49-52-55-58-61-64-71(75)80-69(62-59-56-53-50-47-24-21-18-15-12-9-3)68(67-79-81(76,77)78-66-65-73(4,5)6)72-70(74)63-60-57-54-51-48-45-43-41-30-28-26-23-20-17-14-11-8-2/h11,14,17,19-20,22-23,26-30,32-33,41,43,45,48,59,62,68-69H,7-10,12-13,15-16,18,21,24-25,31,34-40,42,44,46-47,49-58,60-61,63-67H2,1-6H3,(H-,72,74,76,77)/b14-11-,20-17+,22-19-,26-23+,29-27-,30-28-,33-32-,43-41+,48-45+,62-59-. The number of carbonyl (C=O) groups is 2. The number of esters is 1. The number of carbonyl (C=O) groups excluding carboxylic acids is 2. The largest absolute Gasteiger partial charge is 0.756 e. The number of nitrogens with zero attached hydrogens (tertiary/aromatic N) is 1.